The predicted octanol–water partition coefficient (Wildman–Crippen LogP) is 3.19. The van der Waals surface area contributed by atoms with E-state index in [9.17, 15) is 4.39 Å². The molecule has 0 atom stereocenters. The lowest BCUT2D eigenvalue weighted by molar-refractivity contribution is 0.628. The molecule has 2 rings (SSSR count). The highest BCUT2D eigenvalue weighted by molar-refractivity contribution is 5.79. The van der Waals surface area contributed by atoms with Gasteiger partial charge in [-0.25, -0.2) is 4.39 Å². The minimum atomic E-state index is -0.192. The molecule has 1 aliphatic carbocycles. The fourth-order valence-corrected chi connectivity index (χ4v) is 1.79. The van der Waals surface area contributed by atoms with E-state index >= 15 is 0 Å². The third-order valence-corrected chi connectivity index (χ3v) is 2.63. The fraction of sp³-hybridized carbons (Fsp3) is 0.417. The molecular formula is C12H14FN. The maximum Gasteiger partial charge on any atom is 0.123 e. The average Bonchev–Trinajstić information content (AvgIpc) is 2.70. The topological polar surface area (TPSA) is 12.4 Å². The first-order chi connectivity index (χ1) is 6.84. The standard InChI is InChI=1S/C12H14FN/c13-11-7-5-10(6-8-11)9-14-12-3-1-2-4-12/h5-9,12H,1-4H2. The fourth-order valence-electron chi connectivity index (χ4n) is 1.79. The van der Waals surface area contributed by atoms with Crippen molar-refractivity contribution in [2.75, 3.05) is 0 Å². The molecule has 1 nitrogen and oxygen atoms in total. The maximum atomic E-state index is 12.6. The maximum absolute atomic E-state index is 12.6. The number of hydrogen-bond acceptors (Lipinski definition) is 1. The molecule has 0 unspecified atom stereocenters. The SMILES string of the molecule is Fc1ccc(C=NC2CCCC2)cc1. The van der Waals surface area contributed by atoms with Gasteiger partial charge in [0.15, 0.2) is 0 Å². The van der Waals surface area contributed by atoms with E-state index in [1.54, 1.807) is 12.1 Å². The molecule has 0 radical (unpaired) electrons. The van der Waals surface area contributed by atoms with Gasteiger partial charge >= 0.3 is 0 Å². The lowest BCUT2D eigenvalue weighted by Crippen LogP contribution is -1.96. The normalized spacial score (nSPS) is 18.1. The molecule has 1 saturated carbocycles. The number of hydrogen-bond donors (Lipinski definition) is 0. The Hall–Kier alpha value is -1.18. The molecular weight excluding hydrogens is 177 g/mol. The molecule has 2 heteroatoms. The van der Waals surface area contributed by atoms with E-state index < -0.39 is 0 Å². The molecule has 0 aromatic heterocycles. The summed E-state index contributed by atoms with van der Waals surface area (Å²) in [5.74, 6) is -0.192. The van der Waals surface area contributed by atoms with Crippen molar-refractivity contribution >= 4 is 6.21 Å². The summed E-state index contributed by atoms with van der Waals surface area (Å²) in [6.07, 6.45) is 6.86. The van der Waals surface area contributed by atoms with Crippen molar-refractivity contribution in [3.8, 4) is 0 Å². The highest BCUT2D eigenvalue weighted by atomic mass is 19.1. The van der Waals surface area contributed by atoms with Crippen molar-refractivity contribution in [3.05, 3.63) is 35.6 Å². The smallest absolute Gasteiger partial charge is 0.123 e. The van der Waals surface area contributed by atoms with Gasteiger partial charge in [-0.3, -0.25) is 4.99 Å². The van der Waals surface area contributed by atoms with E-state index in [0.717, 1.165) is 5.56 Å². The Labute approximate surface area is 83.7 Å². The van der Waals surface area contributed by atoms with Gasteiger partial charge < -0.3 is 0 Å². The van der Waals surface area contributed by atoms with Gasteiger partial charge in [-0.2, -0.15) is 0 Å². The van der Waals surface area contributed by atoms with Gasteiger partial charge in [0.2, 0.25) is 0 Å². The molecule has 1 aromatic carbocycles. The van der Waals surface area contributed by atoms with Crippen LogP contribution < -0.4 is 0 Å². The molecule has 0 aliphatic heterocycles. The molecule has 1 fully saturated rings. The zero-order chi connectivity index (χ0) is 9.80. The molecule has 0 bridgehead atoms. The van der Waals surface area contributed by atoms with Gasteiger partial charge in [-0.15, -0.1) is 0 Å². The molecule has 14 heavy (non-hydrogen) atoms. The number of rotatable bonds is 2. The van der Waals surface area contributed by atoms with Gasteiger partial charge in [0.05, 0.1) is 0 Å². The Balaban J connectivity index is 1.99. The monoisotopic (exact) mass is 191 g/mol. The Bertz CT molecular complexity index is 310. The van der Waals surface area contributed by atoms with Gasteiger partial charge in [0.25, 0.3) is 0 Å². The molecule has 1 aliphatic rings. The Kier molecular flexibility index (Phi) is 2.92. The van der Waals surface area contributed by atoms with Crippen LogP contribution in [0.4, 0.5) is 4.39 Å². The summed E-state index contributed by atoms with van der Waals surface area (Å²) in [5.41, 5.74) is 0.985. The molecule has 0 N–H and O–H groups in total. The highest BCUT2D eigenvalue weighted by Crippen LogP contribution is 2.20. The molecule has 74 valence electrons. The van der Waals surface area contributed by atoms with Crippen molar-refractivity contribution < 1.29 is 4.39 Å². The largest absolute Gasteiger partial charge is 0.289 e. The van der Waals surface area contributed by atoms with Crippen molar-refractivity contribution in [2.45, 2.75) is 31.7 Å². The predicted molar refractivity (Wildman–Crippen MR) is 56.3 cm³/mol. The van der Waals surface area contributed by atoms with Crippen molar-refractivity contribution in [1.82, 2.24) is 0 Å². The van der Waals surface area contributed by atoms with Crippen LogP contribution in [0.2, 0.25) is 0 Å². The molecule has 0 spiro atoms. The first kappa shape index (κ1) is 9.38. The number of benzene rings is 1. The van der Waals surface area contributed by atoms with Gasteiger partial charge in [0, 0.05) is 12.3 Å². The van der Waals surface area contributed by atoms with E-state index in [4.69, 9.17) is 0 Å². The minimum absolute atomic E-state index is 0.192. The van der Waals surface area contributed by atoms with Gasteiger partial charge in [-0.1, -0.05) is 25.0 Å². The van der Waals surface area contributed by atoms with E-state index in [2.05, 4.69) is 4.99 Å². The van der Waals surface area contributed by atoms with Crippen LogP contribution in [0, 0.1) is 5.82 Å². The minimum Gasteiger partial charge on any atom is -0.289 e. The van der Waals surface area contributed by atoms with Crippen LogP contribution in [0.15, 0.2) is 29.3 Å². The molecule has 1 aromatic rings. The molecule has 0 heterocycles. The summed E-state index contributed by atoms with van der Waals surface area (Å²) in [7, 11) is 0. The highest BCUT2D eigenvalue weighted by Gasteiger charge is 2.11. The zero-order valence-corrected chi connectivity index (χ0v) is 8.12. The quantitative estimate of drug-likeness (QED) is 0.636. The van der Waals surface area contributed by atoms with Gasteiger partial charge in [0.1, 0.15) is 5.82 Å². The molecule has 0 amide bonds. The first-order valence-electron chi connectivity index (χ1n) is 5.13. The summed E-state index contributed by atoms with van der Waals surface area (Å²) in [6, 6.07) is 6.95. The number of aliphatic imine (C=N–C) groups is 1. The number of halogens is 1. The van der Waals surface area contributed by atoms with E-state index in [1.807, 2.05) is 6.21 Å². The summed E-state index contributed by atoms with van der Waals surface area (Å²) in [6.45, 7) is 0. The third-order valence-electron chi connectivity index (χ3n) is 2.63. The summed E-state index contributed by atoms with van der Waals surface area (Å²) in [5, 5.41) is 0. The van der Waals surface area contributed by atoms with Crippen molar-refractivity contribution in [2.24, 2.45) is 4.99 Å². The van der Waals surface area contributed by atoms with Crippen LogP contribution in [0.25, 0.3) is 0 Å². The van der Waals surface area contributed by atoms with Crippen molar-refractivity contribution in [1.29, 1.82) is 0 Å². The van der Waals surface area contributed by atoms with Crippen molar-refractivity contribution in [3.63, 3.8) is 0 Å². The second-order valence-corrected chi connectivity index (χ2v) is 3.77. The summed E-state index contributed by atoms with van der Waals surface area (Å²) >= 11 is 0. The second-order valence-electron chi connectivity index (χ2n) is 3.77. The average molecular weight is 191 g/mol. The number of nitrogens with zero attached hydrogens (tertiary/aromatic N) is 1. The van der Waals surface area contributed by atoms with E-state index in [1.165, 1.54) is 37.8 Å². The Morgan fingerprint density at radius 2 is 1.79 bits per heavy atom. The van der Waals surface area contributed by atoms with Crippen LogP contribution in [0.1, 0.15) is 31.2 Å². The summed E-state index contributed by atoms with van der Waals surface area (Å²) < 4.78 is 12.6. The lowest BCUT2D eigenvalue weighted by atomic mass is 10.2. The van der Waals surface area contributed by atoms with Gasteiger partial charge in [-0.05, 0) is 30.5 Å². The summed E-state index contributed by atoms with van der Waals surface area (Å²) in [4.78, 5) is 4.48. The Morgan fingerprint density at radius 1 is 1.14 bits per heavy atom. The zero-order valence-electron chi connectivity index (χ0n) is 8.12. The van der Waals surface area contributed by atoms with Crippen LogP contribution in [-0.2, 0) is 0 Å². The van der Waals surface area contributed by atoms with Crippen LogP contribution in [0.3, 0.4) is 0 Å². The second kappa shape index (κ2) is 4.36. The van der Waals surface area contributed by atoms with E-state index in [0.29, 0.717) is 6.04 Å². The Morgan fingerprint density at radius 3 is 2.43 bits per heavy atom. The molecule has 0 saturated heterocycles. The van der Waals surface area contributed by atoms with Crippen LogP contribution >= 0.6 is 0 Å². The van der Waals surface area contributed by atoms with Crippen LogP contribution in [0.5, 0.6) is 0 Å². The van der Waals surface area contributed by atoms with Crippen LogP contribution in [-0.4, -0.2) is 12.3 Å². The lowest BCUT2D eigenvalue weighted by Gasteiger charge is -2.00. The van der Waals surface area contributed by atoms with E-state index in [-0.39, 0.29) is 5.82 Å². The third kappa shape index (κ3) is 2.41. The first-order valence-corrected chi connectivity index (χ1v) is 5.13.